The lowest BCUT2D eigenvalue weighted by Crippen LogP contribution is -2.53. The van der Waals surface area contributed by atoms with Gasteiger partial charge < -0.3 is 4.74 Å². The Morgan fingerprint density at radius 3 is 2.65 bits per heavy atom. The first-order valence-electron chi connectivity index (χ1n) is 8.63. The van der Waals surface area contributed by atoms with Crippen LogP contribution in [0.5, 0.6) is 5.75 Å². The molecule has 0 radical (unpaired) electrons. The zero-order chi connectivity index (χ0) is 19.3. The van der Waals surface area contributed by atoms with Crippen molar-refractivity contribution >= 4 is 27.5 Å². The normalized spacial score (nSPS) is 26.7. The number of benzene rings is 1. The zero-order valence-corrected chi connectivity index (χ0v) is 16.6. The first-order valence-corrected chi connectivity index (χ1v) is 10.9. The predicted molar refractivity (Wildman–Crippen MR) is 97.3 cm³/mol. The quantitative estimate of drug-likeness (QED) is 0.814. The Morgan fingerprint density at radius 2 is 2.08 bits per heavy atom. The van der Waals surface area contributed by atoms with Gasteiger partial charge in [-0.05, 0) is 48.5 Å². The second kappa shape index (κ2) is 6.68. The lowest BCUT2D eigenvalue weighted by molar-refractivity contribution is -0.114. The van der Waals surface area contributed by atoms with Crippen molar-refractivity contribution in [1.82, 2.24) is 4.72 Å². The molecule has 0 heterocycles. The van der Waals surface area contributed by atoms with Gasteiger partial charge in [0, 0.05) is 6.07 Å². The van der Waals surface area contributed by atoms with Crippen molar-refractivity contribution in [2.24, 2.45) is 23.2 Å². The van der Waals surface area contributed by atoms with Gasteiger partial charge in [0.2, 0.25) is 10.0 Å². The van der Waals surface area contributed by atoms with Crippen LogP contribution in [0, 0.1) is 29.0 Å². The fourth-order valence-corrected chi connectivity index (χ4v) is 5.06. The SMILES string of the molecule is CC1(C)[C@H]2CC[C@@H](COc3cc(F)c(C(=O)NS(C)(=O)=O)cc3Cl)[C@@H]1C2. The minimum atomic E-state index is -3.79. The number of carbonyl (C=O) groups is 1. The van der Waals surface area contributed by atoms with Crippen LogP contribution < -0.4 is 9.46 Å². The average molecular weight is 404 g/mol. The Hall–Kier alpha value is -1.34. The molecule has 3 aliphatic carbocycles. The lowest BCUT2D eigenvalue weighted by atomic mass is 9.46. The van der Waals surface area contributed by atoms with Gasteiger partial charge >= 0.3 is 0 Å². The van der Waals surface area contributed by atoms with Crippen LogP contribution in [0.2, 0.25) is 5.02 Å². The first-order chi connectivity index (χ1) is 12.0. The van der Waals surface area contributed by atoms with E-state index in [1.54, 1.807) is 4.72 Å². The van der Waals surface area contributed by atoms with E-state index < -0.39 is 27.3 Å². The van der Waals surface area contributed by atoms with Gasteiger partial charge in [-0.25, -0.2) is 17.5 Å². The van der Waals surface area contributed by atoms with Gasteiger partial charge in [0.1, 0.15) is 11.6 Å². The predicted octanol–water partition coefficient (Wildman–Crippen LogP) is 3.62. The van der Waals surface area contributed by atoms with E-state index in [9.17, 15) is 17.6 Å². The molecule has 1 aromatic rings. The minimum Gasteiger partial charge on any atom is -0.492 e. The largest absolute Gasteiger partial charge is 0.492 e. The molecule has 0 aliphatic heterocycles. The lowest BCUT2D eigenvalue weighted by Gasteiger charge is -2.60. The summed E-state index contributed by atoms with van der Waals surface area (Å²) in [5, 5.41) is 0.0756. The smallest absolute Gasteiger partial charge is 0.267 e. The van der Waals surface area contributed by atoms with Crippen LogP contribution in [-0.2, 0) is 10.0 Å². The molecule has 4 rings (SSSR count). The van der Waals surface area contributed by atoms with Crippen LogP contribution in [0.25, 0.3) is 0 Å². The summed E-state index contributed by atoms with van der Waals surface area (Å²) in [7, 11) is -3.79. The fraction of sp³-hybridized carbons (Fsp3) is 0.611. The van der Waals surface area contributed by atoms with Gasteiger partial charge in [-0.1, -0.05) is 25.4 Å². The van der Waals surface area contributed by atoms with Crippen molar-refractivity contribution in [3.05, 3.63) is 28.5 Å². The van der Waals surface area contributed by atoms with E-state index in [0.29, 0.717) is 23.9 Å². The number of carbonyl (C=O) groups excluding carboxylic acids is 1. The third kappa shape index (κ3) is 3.69. The molecule has 3 fully saturated rings. The molecule has 2 bridgehead atoms. The molecule has 1 N–H and O–H groups in total. The maximum Gasteiger partial charge on any atom is 0.267 e. The monoisotopic (exact) mass is 403 g/mol. The average Bonchev–Trinajstić information content (AvgIpc) is 2.53. The summed E-state index contributed by atoms with van der Waals surface area (Å²) in [5.74, 6) is 0.0231. The highest BCUT2D eigenvalue weighted by atomic mass is 35.5. The molecule has 144 valence electrons. The van der Waals surface area contributed by atoms with E-state index in [4.69, 9.17) is 16.3 Å². The molecule has 0 unspecified atom stereocenters. The van der Waals surface area contributed by atoms with Gasteiger partial charge in [-0.3, -0.25) is 4.79 Å². The molecule has 26 heavy (non-hydrogen) atoms. The molecule has 1 amide bonds. The number of sulfonamides is 1. The Kier molecular flexibility index (Phi) is 4.99. The highest BCUT2D eigenvalue weighted by Gasteiger charge is 2.54. The van der Waals surface area contributed by atoms with Crippen LogP contribution in [0.15, 0.2) is 12.1 Å². The summed E-state index contributed by atoms with van der Waals surface area (Å²) >= 11 is 6.12. The highest BCUT2D eigenvalue weighted by molar-refractivity contribution is 7.89. The van der Waals surface area contributed by atoms with E-state index in [-0.39, 0.29) is 10.8 Å². The van der Waals surface area contributed by atoms with E-state index >= 15 is 0 Å². The van der Waals surface area contributed by atoms with Gasteiger partial charge in [-0.2, -0.15) is 0 Å². The van der Waals surface area contributed by atoms with Crippen LogP contribution in [0.1, 0.15) is 43.5 Å². The first kappa shape index (κ1) is 19.4. The molecular weight excluding hydrogens is 381 g/mol. The summed E-state index contributed by atoms with van der Waals surface area (Å²) in [6.07, 6.45) is 4.31. The third-order valence-corrected chi connectivity index (χ3v) is 6.85. The summed E-state index contributed by atoms with van der Waals surface area (Å²) in [5.41, 5.74) is -0.108. The number of nitrogens with one attached hydrogen (secondary N) is 1. The summed E-state index contributed by atoms with van der Waals surface area (Å²) in [6, 6.07) is 2.13. The van der Waals surface area contributed by atoms with Crippen molar-refractivity contribution in [2.75, 3.05) is 12.9 Å². The van der Waals surface area contributed by atoms with Crippen LogP contribution in [-0.4, -0.2) is 27.2 Å². The van der Waals surface area contributed by atoms with E-state index in [1.807, 2.05) is 0 Å². The van der Waals surface area contributed by atoms with Gasteiger partial charge in [-0.15, -0.1) is 0 Å². The fourth-order valence-electron chi connectivity index (χ4n) is 4.40. The van der Waals surface area contributed by atoms with Gasteiger partial charge in [0.05, 0.1) is 23.4 Å². The van der Waals surface area contributed by atoms with Crippen LogP contribution in [0.4, 0.5) is 4.39 Å². The summed E-state index contributed by atoms with van der Waals surface area (Å²) in [4.78, 5) is 11.8. The van der Waals surface area contributed by atoms with E-state index in [0.717, 1.165) is 30.7 Å². The molecule has 1 aromatic carbocycles. The molecule has 3 aliphatic rings. The summed E-state index contributed by atoms with van der Waals surface area (Å²) < 4.78 is 44.0. The minimum absolute atomic E-state index is 0.0756. The second-order valence-corrected chi connectivity index (χ2v) is 10.1. The molecule has 3 atom stereocenters. The molecule has 8 heteroatoms. The Bertz CT molecular complexity index is 838. The maximum absolute atomic E-state index is 14.2. The number of fused-ring (bicyclic) bond motifs is 2. The summed E-state index contributed by atoms with van der Waals surface area (Å²) in [6.45, 7) is 5.04. The topological polar surface area (TPSA) is 72.5 Å². The Morgan fingerprint density at radius 1 is 1.38 bits per heavy atom. The number of ether oxygens (including phenoxy) is 1. The maximum atomic E-state index is 14.2. The van der Waals surface area contributed by atoms with Crippen LogP contribution in [0.3, 0.4) is 0 Å². The van der Waals surface area contributed by atoms with E-state index in [1.165, 1.54) is 12.8 Å². The Labute approximate surface area is 158 Å². The highest BCUT2D eigenvalue weighted by Crippen LogP contribution is 2.61. The molecule has 5 nitrogen and oxygen atoms in total. The zero-order valence-electron chi connectivity index (χ0n) is 15.0. The number of hydrogen-bond acceptors (Lipinski definition) is 4. The standard InChI is InChI=1S/C18H23ClFNO4S/c1-18(2)11-5-4-10(13(18)6-11)9-25-16-8-15(20)12(7-14(16)19)17(22)21-26(3,23)24/h7-8,10-11,13H,4-6,9H2,1-3H3,(H,21,22)/t10-,11-,13-/m0/s1. The van der Waals surface area contributed by atoms with Crippen molar-refractivity contribution in [3.8, 4) is 5.75 Å². The van der Waals surface area contributed by atoms with Crippen molar-refractivity contribution in [2.45, 2.75) is 33.1 Å². The van der Waals surface area contributed by atoms with Crippen molar-refractivity contribution in [3.63, 3.8) is 0 Å². The second-order valence-electron chi connectivity index (χ2n) is 7.97. The van der Waals surface area contributed by atoms with Crippen molar-refractivity contribution < 1.29 is 22.3 Å². The van der Waals surface area contributed by atoms with Crippen molar-refractivity contribution in [1.29, 1.82) is 0 Å². The molecule has 0 aromatic heterocycles. The number of halogens is 2. The van der Waals surface area contributed by atoms with Gasteiger partial charge in [0.15, 0.2) is 0 Å². The number of amides is 1. The number of rotatable bonds is 5. The van der Waals surface area contributed by atoms with Gasteiger partial charge in [0.25, 0.3) is 5.91 Å². The molecular formula is C18H23ClFNO4S. The van der Waals surface area contributed by atoms with E-state index in [2.05, 4.69) is 13.8 Å². The number of hydrogen-bond donors (Lipinski definition) is 1. The Balaban J connectivity index is 1.70. The third-order valence-electron chi connectivity index (χ3n) is 6.00. The molecule has 0 spiro atoms. The van der Waals surface area contributed by atoms with Crippen LogP contribution >= 0.6 is 11.6 Å². The molecule has 0 saturated heterocycles. The molecule has 3 saturated carbocycles.